The van der Waals surface area contributed by atoms with Crippen LogP contribution in [0.3, 0.4) is 0 Å². The maximum Gasteiger partial charge on any atom is 0.255 e. The third-order valence-electron chi connectivity index (χ3n) is 5.04. The van der Waals surface area contributed by atoms with Gasteiger partial charge in [-0.25, -0.2) is 8.42 Å². The lowest BCUT2D eigenvalue weighted by Gasteiger charge is -2.31. The number of carbonyl (C=O) groups is 2. The zero-order chi connectivity index (χ0) is 20.9. The fourth-order valence-electron chi connectivity index (χ4n) is 3.23. The molecule has 2 N–H and O–H groups in total. The Morgan fingerprint density at radius 1 is 1.17 bits per heavy atom. The van der Waals surface area contributed by atoms with Crippen molar-refractivity contribution in [1.29, 1.82) is 0 Å². The largest absolute Gasteiger partial charge is 0.472 e. The van der Waals surface area contributed by atoms with Gasteiger partial charge in [0.2, 0.25) is 15.9 Å². The Hall–Kier alpha value is -2.65. The van der Waals surface area contributed by atoms with Gasteiger partial charge in [-0.1, -0.05) is 18.2 Å². The number of hydrogen-bond acceptors (Lipinski definition) is 5. The second-order valence-electron chi connectivity index (χ2n) is 7.11. The van der Waals surface area contributed by atoms with Gasteiger partial charge in [-0.15, -0.1) is 0 Å². The van der Waals surface area contributed by atoms with Crippen LogP contribution in [0, 0.1) is 5.92 Å². The molecule has 1 aliphatic rings. The fraction of sp³-hybridized carbons (Fsp3) is 0.400. The summed E-state index contributed by atoms with van der Waals surface area (Å²) in [4.78, 5) is 24.5. The highest BCUT2D eigenvalue weighted by Gasteiger charge is 2.29. The summed E-state index contributed by atoms with van der Waals surface area (Å²) in [7, 11) is -3.47. The highest BCUT2D eigenvalue weighted by atomic mass is 32.2. The lowest BCUT2D eigenvalue weighted by molar-refractivity contribution is -0.122. The molecule has 156 valence electrons. The summed E-state index contributed by atoms with van der Waals surface area (Å²) in [6.07, 6.45) is 4.05. The molecule has 2 aromatic rings. The van der Waals surface area contributed by atoms with Crippen LogP contribution in [0.5, 0.6) is 0 Å². The number of furan rings is 1. The van der Waals surface area contributed by atoms with Gasteiger partial charge in [0.05, 0.1) is 16.7 Å². The van der Waals surface area contributed by atoms with Crippen molar-refractivity contribution >= 4 is 21.8 Å². The van der Waals surface area contributed by atoms with E-state index in [0.717, 1.165) is 0 Å². The summed E-state index contributed by atoms with van der Waals surface area (Å²) in [5.74, 6) is -0.458. The van der Waals surface area contributed by atoms with Crippen molar-refractivity contribution in [3.63, 3.8) is 0 Å². The van der Waals surface area contributed by atoms with Crippen LogP contribution in [0.15, 0.2) is 58.2 Å². The second kappa shape index (κ2) is 9.23. The van der Waals surface area contributed by atoms with E-state index in [-0.39, 0.29) is 17.7 Å². The van der Waals surface area contributed by atoms with Crippen molar-refractivity contribution in [1.82, 2.24) is 14.9 Å². The molecule has 1 atom stereocenters. The zero-order valence-corrected chi connectivity index (χ0v) is 17.0. The fourth-order valence-corrected chi connectivity index (χ4v) is 4.72. The number of sulfonamides is 1. The van der Waals surface area contributed by atoms with E-state index in [9.17, 15) is 18.0 Å². The van der Waals surface area contributed by atoms with E-state index in [0.29, 0.717) is 42.9 Å². The third-order valence-corrected chi connectivity index (χ3v) is 6.96. The van der Waals surface area contributed by atoms with Gasteiger partial charge in [0.1, 0.15) is 12.3 Å². The normalized spacial score (nSPS) is 16.9. The average molecular weight is 420 g/mol. The first kappa shape index (κ1) is 21.1. The number of rotatable bonds is 7. The summed E-state index contributed by atoms with van der Waals surface area (Å²) in [5.41, 5.74) is 0.358. The molecule has 9 heteroatoms. The summed E-state index contributed by atoms with van der Waals surface area (Å²) >= 11 is 0. The number of amides is 2. The van der Waals surface area contributed by atoms with Crippen molar-refractivity contribution < 1.29 is 22.4 Å². The van der Waals surface area contributed by atoms with Crippen molar-refractivity contribution in [3.8, 4) is 0 Å². The predicted octanol–water partition coefficient (Wildman–Crippen LogP) is 1.61. The molecule has 2 amide bonds. The van der Waals surface area contributed by atoms with Crippen LogP contribution >= 0.6 is 0 Å². The molecule has 2 heterocycles. The topological polar surface area (TPSA) is 109 Å². The first-order chi connectivity index (χ1) is 13.9. The van der Waals surface area contributed by atoms with Crippen LogP contribution in [0.1, 0.15) is 30.1 Å². The van der Waals surface area contributed by atoms with Crippen LogP contribution < -0.4 is 10.6 Å². The highest BCUT2D eigenvalue weighted by molar-refractivity contribution is 7.89. The molecule has 0 radical (unpaired) electrons. The second-order valence-corrected chi connectivity index (χ2v) is 9.05. The van der Waals surface area contributed by atoms with Crippen LogP contribution in [0.2, 0.25) is 0 Å². The van der Waals surface area contributed by atoms with Gasteiger partial charge in [-0.2, -0.15) is 4.31 Å². The molecule has 1 aliphatic heterocycles. The van der Waals surface area contributed by atoms with Gasteiger partial charge in [0.15, 0.2) is 0 Å². The van der Waals surface area contributed by atoms with Crippen LogP contribution in [0.25, 0.3) is 0 Å². The maximum atomic E-state index is 12.7. The number of nitrogens with zero attached hydrogens (tertiary/aromatic N) is 1. The highest BCUT2D eigenvalue weighted by Crippen LogP contribution is 2.23. The number of benzene rings is 1. The first-order valence-electron chi connectivity index (χ1n) is 9.54. The van der Waals surface area contributed by atoms with Crippen molar-refractivity contribution in [3.05, 3.63) is 54.5 Å². The molecule has 0 spiro atoms. The SMILES string of the molecule is CC(NC(=O)c1ccoc1)C(=O)NCC1CCN(S(=O)(=O)c2ccccc2)CC1. The molecule has 0 aliphatic carbocycles. The van der Waals surface area contributed by atoms with E-state index >= 15 is 0 Å². The Kier molecular flexibility index (Phi) is 6.71. The summed E-state index contributed by atoms with van der Waals surface area (Å²) in [5, 5.41) is 5.46. The monoisotopic (exact) mass is 419 g/mol. The molecule has 1 unspecified atom stereocenters. The van der Waals surface area contributed by atoms with Crippen molar-refractivity contribution in [2.24, 2.45) is 5.92 Å². The Bertz CT molecular complexity index is 920. The Labute approximate surface area is 170 Å². The standard InChI is InChI=1S/C20H25N3O5S/c1-15(22-20(25)17-9-12-28-14-17)19(24)21-13-16-7-10-23(11-8-16)29(26,27)18-5-3-2-4-6-18/h2-6,9,12,14-16H,7-8,10-11,13H2,1H3,(H,21,24)(H,22,25). The Morgan fingerprint density at radius 2 is 1.86 bits per heavy atom. The van der Waals surface area contributed by atoms with Crippen molar-refractivity contribution in [2.45, 2.75) is 30.7 Å². The van der Waals surface area contributed by atoms with E-state index in [4.69, 9.17) is 4.42 Å². The van der Waals surface area contributed by atoms with Crippen molar-refractivity contribution in [2.75, 3.05) is 19.6 Å². The first-order valence-corrected chi connectivity index (χ1v) is 11.0. The molecule has 1 fully saturated rings. The smallest absolute Gasteiger partial charge is 0.255 e. The van der Waals surface area contributed by atoms with Gasteiger partial charge in [-0.05, 0) is 43.9 Å². The van der Waals surface area contributed by atoms with E-state index in [1.54, 1.807) is 37.3 Å². The van der Waals surface area contributed by atoms with E-state index in [2.05, 4.69) is 10.6 Å². The molecular weight excluding hydrogens is 394 g/mol. The molecule has 3 rings (SSSR count). The number of hydrogen-bond donors (Lipinski definition) is 2. The molecule has 8 nitrogen and oxygen atoms in total. The molecule has 0 bridgehead atoms. The lowest BCUT2D eigenvalue weighted by atomic mass is 9.98. The quantitative estimate of drug-likeness (QED) is 0.709. The number of nitrogens with one attached hydrogen (secondary N) is 2. The minimum absolute atomic E-state index is 0.193. The molecule has 1 aromatic heterocycles. The van der Waals surface area contributed by atoms with Gasteiger partial charge < -0.3 is 15.1 Å². The van der Waals surface area contributed by atoms with Gasteiger partial charge in [-0.3, -0.25) is 9.59 Å². The van der Waals surface area contributed by atoms with E-state index < -0.39 is 16.1 Å². The zero-order valence-electron chi connectivity index (χ0n) is 16.2. The minimum Gasteiger partial charge on any atom is -0.472 e. The van der Waals surface area contributed by atoms with Gasteiger partial charge in [0, 0.05) is 19.6 Å². The number of carbonyl (C=O) groups excluding carboxylic acids is 2. The summed E-state index contributed by atoms with van der Waals surface area (Å²) < 4.78 is 31.7. The third kappa shape index (κ3) is 5.24. The van der Waals surface area contributed by atoms with Crippen LogP contribution in [-0.2, 0) is 14.8 Å². The summed E-state index contributed by atoms with van der Waals surface area (Å²) in [6.45, 7) is 2.90. The van der Waals surface area contributed by atoms with Gasteiger partial charge >= 0.3 is 0 Å². The molecule has 0 saturated carbocycles. The average Bonchev–Trinajstić information content (AvgIpc) is 3.28. The van der Waals surface area contributed by atoms with Crippen LogP contribution in [-0.4, -0.2) is 50.2 Å². The molecular formula is C20H25N3O5S. The molecule has 29 heavy (non-hydrogen) atoms. The van der Waals surface area contributed by atoms with Gasteiger partial charge in [0.25, 0.3) is 5.91 Å². The predicted molar refractivity (Wildman–Crippen MR) is 107 cm³/mol. The maximum absolute atomic E-state index is 12.7. The summed E-state index contributed by atoms with van der Waals surface area (Å²) in [6, 6.07) is 9.24. The molecule has 1 aromatic carbocycles. The van der Waals surface area contributed by atoms with E-state index in [1.165, 1.54) is 22.9 Å². The Morgan fingerprint density at radius 3 is 2.48 bits per heavy atom. The number of piperidine rings is 1. The molecule has 1 saturated heterocycles. The minimum atomic E-state index is -3.47. The Balaban J connectivity index is 1.44. The lowest BCUT2D eigenvalue weighted by Crippen LogP contribution is -2.47. The van der Waals surface area contributed by atoms with E-state index in [1.807, 2.05) is 0 Å². The van der Waals surface area contributed by atoms with Crippen LogP contribution in [0.4, 0.5) is 0 Å².